The average molecular weight is 328 g/mol. The molecule has 2 N–H and O–H groups in total. The van der Waals surface area contributed by atoms with Crippen LogP contribution < -0.4 is 5.32 Å². The van der Waals surface area contributed by atoms with Crippen molar-refractivity contribution in [3.63, 3.8) is 0 Å². The molecule has 0 heterocycles. The predicted molar refractivity (Wildman–Crippen MR) is 84.2 cm³/mol. The minimum Gasteiger partial charge on any atom is -0.387 e. The zero-order valence-corrected chi connectivity index (χ0v) is 13.0. The first kappa shape index (κ1) is 16.2. The average Bonchev–Trinajstić information content (AvgIpc) is 2.50. The van der Waals surface area contributed by atoms with Crippen LogP contribution in [0.4, 0.5) is 4.39 Å². The maximum atomic E-state index is 13.5. The topological polar surface area (TPSA) is 32.3 Å². The van der Waals surface area contributed by atoms with Gasteiger partial charge in [0.15, 0.2) is 0 Å². The van der Waals surface area contributed by atoms with Crippen molar-refractivity contribution in [3.8, 4) is 0 Å². The van der Waals surface area contributed by atoms with Crippen LogP contribution in [0.3, 0.4) is 0 Å². The highest BCUT2D eigenvalue weighted by molar-refractivity contribution is 6.36. The second-order valence-corrected chi connectivity index (χ2v) is 5.60. The Labute approximate surface area is 133 Å². The fourth-order valence-corrected chi connectivity index (χ4v) is 2.82. The van der Waals surface area contributed by atoms with Crippen LogP contribution in [0.25, 0.3) is 0 Å². The molecule has 2 aromatic carbocycles. The van der Waals surface area contributed by atoms with Crippen molar-refractivity contribution < 1.29 is 9.50 Å². The fourth-order valence-electron chi connectivity index (χ4n) is 2.12. The second kappa shape index (κ2) is 7.23. The van der Waals surface area contributed by atoms with Crippen molar-refractivity contribution in [1.29, 1.82) is 0 Å². The van der Waals surface area contributed by atoms with E-state index in [2.05, 4.69) is 5.32 Å². The van der Waals surface area contributed by atoms with E-state index >= 15 is 0 Å². The largest absolute Gasteiger partial charge is 0.387 e. The Kier molecular flexibility index (Phi) is 5.59. The van der Waals surface area contributed by atoms with E-state index < -0.39 is 11.9 Å². The van der Waals surface area contributed by atoms with Gasteiger partial charge < -0.3 is 10.4 Å². The van der Waals surface area contributed by atoms with E-state index in [1.807, 2.05) is 37.3 Å². The molecule has 2 rings (SSSR count). The highest BCUT2D eigenvalue weighted by atomic mass is 35.5. The number of hydrogen-bond acceptors (Lipinski definition) is 2. The zero-order chi connectivity index (χ0) is 15.4. The molecule has 0 fully saturated rings. The van der Waals surface area contributed by atoms with Gasteiger partial charge in [0.2, 0.25) is 0 Å². The summed E-state index contributed by atoms with van der Waals surface area (Å²) >= 11 is 12.0. The third kappa shape index (κ3) is 3.95. The summed E-state index contributed by atoms with van der Waals surface area (Å²) in [6.07, 6.45) is -0.653. The molecule has 2 unspecified atom stereocenters. The fraction of sp³-hybridized carbons (Fsp3) is 0.250. The van der Waals surface area contributed by atoms with Gasteiger partial charge in [-0.25, -0.2) is 4.39 Å². The van der Waals surface area contributed by atoms with Gasteiger partial charge in [0.25, 0.3) is 0 Å². The van der Waals surface area contributed by atoms with Gasteiger partial charge in [0.05, 0.1) is 11.1 Å². The van der Waals surface area contributed by atoms with E-state index in [0.29, 0.717) is 17.1 Å². The van der Waals surface area contributed by atoms with Crippen molar-refractivity contribution in [1.82, 2.24) is 5.32 Å². The summed E-state index contributed by atoms with van der Waals surface area (Å²) in [6, 6.07) is 11.7. The van der Waals surface area contributed by atoms with Crippen molar-refractivity contribution in [2.75, 3.05) is 6.54 Å². The smallest absolute Gasteiger partial charge is 0.142 e. The summed E-state index contributed by atoms with van der Waals surface area (Å²) < 4.78 is 13.5. The summed E-state index contributed by atoms with van der Waals surface area (Å²) in [5.74, 6) is -0.506. The molecule has 0 saturated heterocycles. The van der Waals surface area contributed by atoms with Crippen LogP contribution in [0, 0.1) is 5.82 Å². The van der Waals surface area contributed by atoms with Crippen LogP contribution in [-0.4, -0.2) is 11.7 Å². The molecule has 0 bridgehead atoms. The highest BCUT2D eigenvalue weighted by Gasteiger charge is 2.18. The first-order valence-electron chi connectivity index (χ1n) is 6.60. The molecule has 2 aromatic rings. The molecule has 2 nitrogen and oxygen atoms in total. The second-order valence-electron chi connectivity index (χ2n) is 4.81. The number of nitrogens with one attached hydrogen (secondary N) is 1. The highest BCUT2D eigenvalue weighted by Crippen LogP contribution is 2.32. The molecular formula is C16H16Cl2FNO. The number of benzene rings is 2. The summed E-state index contributed by atoms with van der Waals surface area (Å²) in [7, 11) is 0. The van der Waals surface area contributed by atoms with Crippen molar-refractivity contribution in [2.24, 2.45) is 0 Å². The van der Waals surface area contributed by atoms with Crippen LogP contribution in [0.15, 0.2) is 42.5 Å². The Balaban J connectivity index is 2.06. The van der Waals surface area contributed by atoms with Crippen LogP contribution in [0.2, 0.25) is 10.0 Å². The number of hydrogen-bond donors (Lipinski definition) is 2. The van der Waals surface area contributed by atoms with Crippen molar-refractivity contribution >= 4 is 23.2 Å². The van der Waals surface area contributed by atoms with Crippen LogP contribution in [-0.2, 0) is 0 Å². The quantitative estimate of drug-likeness (QED) is 0.791. The maximum absolute atomic E-state index is 13.5. The molecule has 0 aromatic heterocycles. The van der Waals surface area contributed by atoms with E-state index in [0.717, 1.165) is 5.56 Å². The molecule has 0 radical (unpaired) electrons. The first-order chi connectivity index (χ1) is 10.0. The van der Waals surface area contributed by atoms with Crippen molar-refractivity contribution in [3.05, 3.63) is 69.5 Å². The Morgan fingerprint density at radius 2 is 1.81 bits per heavy atom. The molecule has 0 amide bonds. The van der Waals surface area contributed by atoms with Gasteiger partial charge in [-0.05, 0) is 24.6 Å². The number of halogens is 3. The summed E-state index contributed by atoms with van der Waals surface area (Å²) in [5.41, 5.74) is 1.31. The predicted octanol–water partition coefficient (Wildman–Crippen LogP) is 4.52. The molecule has 21 heavy (non-hydrogen) atoms. The van der Waals surface area contributed by atoms with E-state index in [9.17, 15) is 9.50 Å². The molecular weight excluding hydrogens is 312 g/mol. The molecule has 112 valence electrons. The standard InChI is InChI=1S/C16H16Cl2FNO/c1-10(15-12(17)7-8-13(19)16(15)18)20-9-14(21)11-5-3-2-4-6-11/h2-8,10,14,20-21H,9H2,1H3. The Hall–Kier alpha value is -1.13. The minimum atomic E-state index is -0.653. The van der Waals surface area contributed by atoms with E-state index in [-0.39, 0.29) is 11.1 Å². The van der Waals surface area contributed by atoms with Crippen LogP contribution in [0.1, 0.15) is 30.2 Å². The van der Waals surface area contributed by atoms with Crippen molar-refractivity contribution in [2.45, 2.75) is 19.1 Å². The molecule has 0 aliphatic carbocycles. The van der Waals surface area contributed by atoms with Gasteiger partial charge >= 0.3 is 0 Å². The lowest BCUT2D eigenvalue weighted by atomic mass is 10.1. The number of aliphatic hydroxyl groups excluding tert-OH is 1. The molecule has 0 aliphatic rings. The van der Waals surface area contributed by atoms with E-state index in [4.69, 9.17) is 23.2 Å². The Morgan fingerprint density at radius 1 is 1.14 bits per heavy atom. The van der Waals surface area contributed by atoms with Gasteiger partial charge in [-0.3, -0.25) is 0 Å². The summed E-state index contributed by atoms with van der Waals surface area (Å²) in [4.78, 5) is 0. The monoisotopic (exact) mass is 327 g/mol. The normalized spacial score (nSPS) is 14.0. The summed E-state index contributed by atoms with van der Waals surface area (Å²) in [5, 5.41) is 13.6. The molecule has 5 heteroatoms. The lowest BCUT2D eigenvalue weighted by Gasteiger charge is -2.20. The van der Waals surface area contributed by atoms with Crippen LogP contribution >= 0.6 is 23.2 Å². The first-order valence-corrected chi connectivity index (χ1v) is 7.36. The number of rotatable bonds is 5. The van der Waals surface area contributed by atoms with E-state index in [1.165, 1.54) is 12.1 Å². The summed E-state index contributed by atoms with van der Waals surface area (Å²) in [6.45, 7) is 2.14. The lowest BCUT2D eigenvalue weighted by molar-refractivity contribution is 0.171. The lowest BCUT2D eigenvalue weighted by Crippen LogP contribution is -2.25. The molecule has 0 saturated carbocycles. The van der Waals surface area contributed by atoms with Crippen LogP contribution in [0.5, 0.6) is 0 Å². The zero-order valence-electron chi connectivity index (χ0n) is 11.5. The third-order valence-electron chi connectivity index (χ3n) is 3.31. The Morgan fingerprint density at radius 3 is 2.48 bits per heavy atom. The number of aliphatic hydroxyl groups is 1. The molecule has 0 aliphatic heterocycles. The van der Waals surface area contributed by atoms with Gasteiger partial charge in [-0.1, -0.05) is 53.5 Å². The molecule has 2 atom stereocenters. The van der Waals surface area contributed by atoms with Gasteiger partial charge in [0, 0.05) is 23.2 Å². The minimum absolute atomic E-state index is 0.0108. The van der Waals surface area contributed by atoms with Gasteiger partial charge in [-0.15, -0.1) is 0 Å². The third-order valence-corrected chi connectivity index (χ3v) is 4.03. The SMILES string of the molecule is CC(NCC(O)c1ccccc1)c1c(Cl)ccc(F)c1Cl. The maximum Gasteiger partial charge on any atom is 0.142 e. The van der Waals surface area contributed by atoms with Gasteiger partial charge in [0.1, 0.15) is 5.82 Å². The van der Waals surface area contributed by atoms with E-state index in [1.54, 1.807) is 0 Å². The van der Waals surface area contributed by atoms with Gasteiger partial charge in [-0.2, -0.15) is 0 Å². The molecule has 0 spiro atoms. The Bertz CT molecular complexity index is 607.